The quantitative estimate of drug-likeness (QED) is 0.607. The minimum Gasteiger partial charge on any atom is -0.494 e. The average Bonchev–Trinajstić information content (AvgIpc) is 3.01. The van der Waals surface area contributed by atoms with Crippen molar-refractivity contribution < 1.29 is 5.11 Å². The van der Waals surface area contributed by atoms with Crippen LogP contribution < -0.4 is 0 Å². The molecule has 0 spiro atoms. The largest absolute Gasteiger partial charge is 0.494 e. The Kier molecular flexibility index (Phi) is 2.09. The van der Waals surface area contributed by atoms with Crippen LogP contribution in [0.4, 0.5) is 0 Å². The van der Waals surface area contributed by atoms with Crippen molar-refractivity contribution in [2.45, 2.75) is 12.8 Å². The number of hydrogen-bond acceptors (Lipinski definition) is 1. The summed E-state index contributed by atoms with van der Waals surface area (Å²) in [7, 11) is 0. The minimum absolute atomic E-state index is 0.251. The standard InChI is InChI=1S/C16H14N2O/c19-16-15(12-4-1-2-6-14(12)18-16)11-5-3-7-13-10(11)8-9-17-13/h1-2,4-6,8-9,17-19H,3,7H2. The number of H-pyrrole nitrogens is 2. The van der Waals surface area contributed by atoms with Gasteiger partial charge in [0.1, 0.15) is 0 Å². The van der Waals surface area contributed by atoms with E-state index in [0.717, 1.165) is 34.9 Å². The molecule has 19 heavy (non-hydrogen) atoms. The zero-order chi connectivity index (χ0) is 12.8. The van der Waals surface area contributed by atoms with E-state index in [0.29, 0.717) is 0 Å². The highest BCUT2D eigenvalue weighted by Gasteiger charge is 2.21. The van der Waals surface area contributed by atoms with Crippen LogP contribution in [0.15, 0.2) is 42.6 Å². The molecule has 94 valence electrons. The molecular formula is C16H14N2O. The number of benzene rings is 1. The van der Waals surface area contributed by atoms with Crippen molar-refractivity contribution in [3.63, 3.8) is 0 Å². The lowest BCUT2D eigenvalue weighted by atomic mass is 9.91. The van der Waals surface area contributed by atoms with Crippen LogP contribution in [-0.4, -0.2) is 15.1 Å². The predicted molar refractivity (Wildman–Crippen MR) is 76.2 cm³/mol. The van der Waals surface area contributed by atoms with Gasteiger partial charge in [0.2, 0.25) is 0 Å². The topological polar surface area (TPSA) is 51.8 Å². The Morgan fingerprint density at radius 3 is 2.95 bits per heavy atom. The number of aromatic hydroxyl groups is 1. The van der Waals surface area contributed by atoms with Crippen LogP contribution in [0.1, 0.15) is 23.2 Å². The molecule has 3 aromatic rings. The van der Waals surface area contributed by atoms with E-state index in [2.05, 4.69) is 22.1 Å². The SMILES string of the molecule is Oc1[nH]c2ccccc2c1C1=CCCc2[nH]ccc21. The number of aromatic nitrogens is 2. The third-order valence-electron chi connectivity index (χ3n) is 3.82. The maximum absolute atomic E-state index is 10.2. The zero-order valence-electron chi connectivity index (χ0n) is 10.4. The van der Waals surface area contributed by atoms with E-state index in [-0.39, 0.29) is 5.88 Å². The molecule has 0 saturated heterocycles. The van der Waals surface area contributed by atoms with Crippen molar-refractivity contribution in [1.29, 1.82) is 0 Å². The number of allylic oxidation sites excluding steroid dienone is 1. The van der Waals surface area contributed by atoms with Crippen LogP contribution in [-0.2, 0) is 6.42 Å². The van der Waals surface area contributed by atoms with Gasteiger partial charge in [-0.15, -0.1) is 0 Å². The molecule has 0 saturated carbocycles. The summed E-state index contributed by atoms with van der Waals surface area (Å²) < 4.78 is 0. The predicted octanol–water partition coefficient (Wildman–Crippen LogP) is 3.58. The average molecular weight is 250 g/mol. The van der Waals surface area contributed by atoms with Gasteiger partial charge in [0.25, 0.3) is 0 Å². The molecule has 0 aliphatic heterocycles. The molecular weight excluding hydrogens is 236 g/mol. The third-order valence-corrected chi connectivity index (χ3v) is 3.82. The molecule has 1 aliphatic carbocycles. The Bertz CT molecular complexity index is 792. The number of aryl methyl sites for hydroxylation is 1. The first-order valence-electron chi connectivity index (χ1n) is 6.51. The summed E-state index contributed by atoms with van der Waals surface area (Å²) in [4.78, 5) is 6.34. The van der Waals surface area contributed by atoms with E-state index in [1.165, 1.54) is 11.3 Å². The van der Waals surface area contributed by atoms with Crippen LogP contribution >= 0.6 is 0 Å². The van der Waals surface area contributed by atoms with Crippen molar-refractivity contribution in [1.82, 2.24) is 9.97 Å². The molecule has 3 N–H and O–H groups in total. The van der Waals surface area contributed by atoms with E-state index < -0.39 is 0 Å². The molecule has 0 bridgehead atoms. The molecule has 0 unspecified atom stereocenters. The van der Waals surface area contributed by atoms with E-state index >= 15 is 0 Å². The number of nitrogens with one attached hydrogen (secondary N) is 2. The maximum Gasteiger partial charge on any atom is 0.197 e. The minimum atomic E-state index is 0.251. The summed E-state index contributed by atoms with van der Waals surface area (Å²) in [5, 5.41) is 11.3. The molecule has 2 heterocycles. The third kappa shape index (κ3) is 1.45. The number of hydrogen-bond donors (Lipinski definition) is 3. The monoisotopic (exact) mass is 250 g/mol. The fourth-order valence-corrected chi connectivity index (χ4v) is 2.97. The number of para-hydroxylation sites is 1. The lowest BCUT2D eigenvalue weighted by Crippen LogP contribution is -1.98. The van der Waals surface area contributed by atoms with Crippen molar-refractivity contribution >= 4 is 16.5 Å². The second-order valence-electron chi connectivity index (χ2n) is 4.92. The van der Waals surface area contributed by atoms with Crippen molar-refractivity contribution in [2.75, 3.05) is 0 Å². The van der Waals surface area contributed by atoms with Crippen LogP contribution in [0.25, 0.3) is 16.5 Å². The summed E-state index contributed by atoms with van der Waals surface area (Å²) in [5.41, 5.74) is 5.46. The second kappa shape index (κ2) is 3.79. The van der Waals surface area contributed by atoms with E-state index in [4.69, 9.17) is 0 Å². The lowest BCUT2D eigenvalue weighted by Gasteiger charge is -2.14. The van der Waals surface area contributed by atoms with Gasteiger partial charge < -0.3 is 15.1 Å². The highest BCUT2D eigenvalue weighted by molar-refractivity contribution is 6.00. The normalized spacial score (nSPS) is 14.4. The van der Waals surface area contributed by atoms with Crippen LogP contribution in [0.2, 0.25) is 0 Å². The fourth-order valence-electron chi connectivity index (χ4n) is 2.97. The number of aromatic amines is 2. The molecule has 0 radical (unpaired) electrons. The number of fused-ring (bicyclic) bond motifs is 2. The summed E-state index contributed by atoms with van der Waals surface area (Å²) >= 11 is 0. The van der Waals surface area contributed by atoms with Crippen LogP contribution in [0.3, 0.4) is 0 Å². The smallest absolute Gasteiger partial charge is 0.197 e. The highest BCUT2D eigenvalue weighted by Crippen LogP contribution is 2.39. The second-order valence-corrected chi connectivity index (χ2v) is 4.92. The molecule has 0 amide bonds. The van der Waals surface area contributed by atoms with Gasteiger partial charge >= 0.3 is 0 Å². The van der Waals surface area contributed by atoms with Gasteiger partial charge in [-0.05, 0) is 30.5 Å². The molecule has 1 aromatic carbocycles. The van der Waals surface area contributed by atoms with E-state index in [1.54, 1.807) is 0 Å². The molecule has 4 rings (SSSR count). The lowest BCUT2D eigenvalue weighted by molar-refractivity contribution is 0.457. The summed E-state index contributed by atoms with van der Waals surface area (Å²) in [6, 6.07) is 10.1. The van der Waals surface area contributed by atoms with Crippen LogP contribution in [0, 0.1) is 0 Å². The van der Waals surface area contributed by atoms with Gasteiger partial charge in [-0.3, -0.25) is 0 Å². The van der Waals surface area contributed by atoms with E-state index in [1.807, 2.05) is 30.5 Å². The van der Waals surface area contributed by atoms with Crippen molar-refractivity contribution in [3.8, 4) is 5.88 Å². The van der Waals surface area contributed by atoms with Crippen LogP contribution in [0.5, 0.6) is 5.88 Å². The van der Waals surface area contributed by atoms with Crippen molar-refractivity contribution in [2.24, 2.45) is 0 Å². The van der Waals surface area contributed by atoms with Gasteiger partial charge in [0.15, 0.2) is 5.88 Å². The van der Waals surface area contributed by atoms with Gasteiger partial charge in [-0.1, -0.05) is 24.3 Å². The molecule has 3 nitrogen and oxygen atoms in total. The summed E-state index contributed by atoms with van der Waals surface area (Å²) in [6.45, 7) is 0. The molecule has 2 aromatic heterocycles. The Labute approximate surface area is 110 Å². The summed E-state index contributed by atoms with van der Waals surface area (Å²) in [6.07, 6.45) is 6.22. The van der Waals surface area contributed by atoms with E-state index in [9.17, 15) is 5.11 Å². The first-order valence-corrected chi connectivity index (χ1v) is 6.51. The zero-order valence-corrected chi connectivity index (χ0v) is 10.4. The highest BCUT2D eigenvalue weighted by atomic mass is 16.3. The van der Waals surface area contributed by atoms with Gasteiger partial charge in [0, 0.05) is 28.4 Å². The molecule has 0 fully saturated rings. The summed E-state index contributed by atoms with van der Waals surface area (Å²) in [5.74, 6) is 0.251. The first kappa shape index (κ1) is 10.5. The molecule has 3 heteroatoms. The van der Waals surface area contributed by atoms with Gasteiger partial charge in [-0.2, -0.15) is 0 Å². The van der Waals surface area contributed by atoms with Gasteiger partial charge in [0.05, 0.1) is 5.56 Å². The molecule has 1 aliphatic rings. The Balaban J connectivity index is 2.01. The molecule has 0 atom stereocenters. The fraction of sp³-hybridized carbons (Fsp3) is 0.125. The Morgan fingerprint density at radius 2 is 2.00 bits per heavy atom. The Morgan fingerprint density at radius 1 is 1.11 bits per heavy atom. The Hall–Kier alpha value is -2.42. The van der Waals surface area contributed by atoms with Gasteiger partial charge in [-0.25, -0.2) is 0 Å². The van der Waals surface area contributed by atoms with Crippen molar-refractivity contribution in [3.05, 3.63) is 59.4 Å². The first-order chi connectivity index (χ1) is 9.34. The maximum atomic E-state index is 10.2. The number of rotatable bonds is 1.